The van der Waals surface area contributed by atoms with Crippen molar-refractivity contribution in [2.45, 2.75) is 57.6 Å². The molecule has 0 radical (unpaired) electrons. The molecule has 2 amide bonds. The number of nitrogens with zero attached hydrogens (tertiary/aromatic N) is 2. The Morgan fingerprint density at radius 1 is 0.854 bits per heavy atom. The lowest BCUT2D eigenvalue weighted by atomic mass is 10.1. The largest absolute Gasteiger partial charge is 0.352 e. The Hall–Kier alpha value is -2.49. The second kappa shape index (κ2) is 14.1. The van der Waals surface area contributed by atoms with Crippen LogP contribution in [0.1, 0.15) is 38.3 Å². The Kier molecular flexibility index (Phi) is 11.4. The molecule has 0 bridgehead atoms. The minimum Gasteiger partial charge on any atom is -0.352 e. The van der Waals surface area contributed by atoms with Crippen molar-refractivity contribution in [2.24, 2.45) is 0 Å². The third kappa shape index (κ3) is 8.30. The molecule has 0 aliphatic carbocycles. The number of benzene rings is 3. The number of hydrogen-bond acceptors (Lipinski definition) is 4. The standard InChI is InChI=1S/C29H31Cl4N3O4S/c1-5-19(3)34-29(38)20(4)35(16-21-8-12-24(30)26(32)14-21)28(37)17-36(22-9-13-25(31)27(33)15-22)41(39,40)23-10-6-18(2)7-11-23/h6-15,19-20H,5,16-17H2,1-4H3,(H,34,38)/t19-,20-/m0/s1. The predicted octanol–water partition coefficient (Wildman–Crippen LogP) is 7.14. The number of sulfonamides is 1. The third-order valence-corrected chi connectivity index (χ3v) is 9.85. The molecule has 0 aliphatic rings. The van der Waals surface area contributed by atoms with E-state index in [1.165, 1.54) is 35.2 Å². The fourth-order valence-electron chi connectivity index (χ4n) is 3.89. The lowest BCUT2D eigenvalue weighted by Crippen LogP contribution is -2.52. The molecule has 41 heavy (non-hydrogen) atoms. The van der Waals surface area contributed by atoms with Crippen molar-refractivity contribution in [3.63, 3.8) is 0 Å². The molecule has 7 nitrogen and oxygen atoms in total. The maximum Gasteiger partial charge on any atom is 0.264 e. The first-order valence-electron chi connectivity index (χ1n) is 12.8. The van der Waals surface area contributed by atoms with Crippen LogP contribution >= 0.6 is 46.4 Å². The number of carbonyl (C=O) groups excluding carboxylic acids is 2. The summed E-state index contributed by atoms with van der Waals surface area (Å²) in [6.45, 7) is 6.57. The van der Waals surface area contributed by atoms with Gasteiger partial charge in [-0.3, -0.25) is 13.9 Å². The molecule has 0 heterocycles. The van der Waals surface area contributed by atoms with Gasteiger partial charge in [0.05, 0.1) is 30.7 Å². The number of anilines is 1. The van der Waals surface area contributed by atoms with Crippen LogP contribution in [0.15, 0.2) is 65.6 Å². The van der Waals surface area contributed by atoms with Crippen LogP contribution in [0.2, 0.25) is 20.1 Å². The summed E-state index contributed by atoms with van der Waals surface area (Å²) in [7, 11) is -4.24. The first kappa shape index (κ1) is 33.0. The molecule has 12 heteroatoms. The van der Waals surface area contributed by atoms with Crippen molar-refractivity contribution in [1.82, 2.24) is 10.2 Å². The van der Waals surface area contributed by atoms with Crippen molar-refractivity contribution >= 4 is 73.9 Å². The van der Waals surface area contributed by atoms with Crippen LogP contribution in [0.25, 0.3) is 0 Å². The number of hydrogen-bond donors (Lipinski definition) is 1. The van der Waals surface area contributed by atoms with Gasteiger partial charge in [0, 0.05) is 12.6 Å². The van der Waals surface area contributed by atoms with Gasteiger partial charge in [0.15, 0.2) is 0 Å². The van der Waals surface area contributed by atoms with E-state index in [9.17, 15) is 18.0 Å². The number of aryl methyl sites for hydroxylation is 1. The molecule has 0 aliphatic heterocycles. The van der Waals surface area contributed by atoms with Crippen LogP contribution < -0.4 is 9.62 Å². The van der Waals surface area contributed by atoms with E-state index in [-0.39, 0.29) is 44.1 Å². The summed E-state index contributed by atoms with van der Waals surface area (Å²) < 4.78 is 28.8. The summed E-state index contributed by atoms with van der Waals surface area (Å²) in [5.74, 6) is -1.00. The summed E-state index contributed by atoms with van der Waals surface area (Å²) in [6.07, 6.45) is 0.694. The molecule has 0 spiro atoms. The van der Waals surface area contributed by atoms with Gasteiger partial charge in [0.2, 0.25) is 11.8 Å². The van der Waals surface area contributed by atoms with Crippen molar-refractivity contribution in [2.75, 3.05) is 10.8 Å². The number of carbonyl (C=O) groups is 2. The third-order valence-electron chi connectivity index (χ3n) is 6.58. The molecule has 0 fully saturated rings. The quantitative estimate of drug-likeness (QED) is 0.237. The van der Waals surface area contributed by atoms with Crippen LogP contribution in [0, 0.1) is 6.92 Å². The average molecular weight is 659 g/mol. The van der Waals surface area contributed by atoms with Gasteiger partial charge in [-0.15, -0.1) is 0 Å². The zero-order chi connectivity index (χ0) is 30.5. The van der Waals surface area contributed by atoms with Crippen molar-refractivity contribution in [3.8, 4) is 0 Å². The molecule has 0 aromatic heterocycles. The monoisotopic (exact) mass is 657 g/mol. The molecule has 220 valence electrons. The topological polar surface area (TPSA) is 86.8 Å². The van der Waals surface area contributed by atoms with Crippen molar-refractivity contribution in [3.05, 3.63) is 91.9 Å². The Labute approximate surface area is 261 Å². The molecular weight excluding hydrogens is 628 g/mol. The number of nitrogens with one attached hydrogen (secondary N) is 1. The first-order chi connectivity index (χ1) is 19.2. The average Bonchev–Trinajstić information content (AvgIpc) is 2.93. The molecule has 3 aromatic rings. The van der Waals surface area contributed by atoms with Gasteiger partial charge in [-0.25, -0.2) is 8.42 Å². The maximum absolute atomic E-state index is 14.0. The van der Waals surface area contributed by atoms with Gasteiger partial charge in [-0.2, -0.15) is 0 Å². The van der Waals surface area contributed by atoms with Gasteiger partial charge in [-0.1, -0.05) is 77.1 Å². The number of amides is 2. The van der Waals surface area contributed by atoms with Gasteiger partial charge >= 0.3 is 0 Å². The minimum atomic E-state index is -4.24. The normalized spacial score (nSPS) is 12.9. The predicted molar refractivity (Wildman–Crippen MR) is 167 cm³/mol. The summed E-state index contributed by atoms with van der Waals surface area (Å²) >= 11 is 24.6. The summed E-state index contributed by atoms with van der Waals surface area (Å²) in [6, 6.07) is 14.4. The maximum atomic E-state index is 14.0. The van der Waals surface area contributed by atoms with E-state index in [2.05, 4.69) is 5.32 Å². The van der Waals surface area contributed by atoms with Crippen molar-refractivity contribution < 1.29 is 18.0 Å². The molecule has 3 rings (SSSR count). The highest BCUT2D eigenvalue weighted by atomic mass is 35.5. The molecule has 0 saturated carbocycles. The second-order valence-corrected chi connectivity index (χ2v) is 13.2. The van der Waals surface area contributed by atoms with Crippen LogP contribution in [-0.2, 0) is 26.2 Å². The first-order valence-corrected chi connectivity index (χ1v) is 15.8. The molecule has 0 saturated heterocycles. The fraction of sp³-hybridized carbons (Fsp3) is 0.310. The lowest BCUT2D eigenvalue weighted by molar-refractivity contribution is -0.139. The second-order valence-electron chi connectivity index (χ2n) is 9.69. The molecule has 1 N–H and O–H groups in total. The van der Waals surface area contributed by atoms with E-state index in [0.29, 0.717) is 17.0 Å². The smallest absolute Gasteiger partial charge is 0.264 e. The Morgan fingerprint density at radius 3 is 2.00 bits per heavy atom. The Bertz CT molecular complexity index is 1520. The fourth-order valence-corrected chi connectivity index (χ4v) is 5.91. The zero-order valence-electron chi connectivity index (χ0n) is 23.0. The van der Waals surface area contributed by atoms with E-state index >= 15 is 0 Å². The highest BCUT2D eigenvalue weighted by molar-refractivity contribution is 7.92. The van der Waals surface area contributed by atoms with Gasteiger partial charge in [-0.05, 0) is 75.2 Å². The van der Waals surface area contributed by atoms with Gasteiger partial charge in [0.1, 0.15) is 12.6 Å². The van der Waals surface area contributed by atoms with E-state index in [1.807, 2.05) is 20.8 Å². The number of halogens is 4. The lowest BCUT2D eigenvalue weighted by Gasteiger charge is -2.32. The molecule has 2 atom stereocenters. The Morgan fingerprint density at radius 2 is 1.44 bits per heavy atom. The van der Waals surface area contributed by atoms with E-state index in [1.54, 1.807) is 37.3 Å². The molecule has 0 unspecified atom stereocenters. The summed E-state index contributed by atoms with van der Waals surface area (Å²) in [5.41, 5.74) is 1.62. The van der Waals surface area contributed by atoms with Crippen LogP contribution in [-0.4, -0.2) is 43.8 Å². The Balaban J connectivity index is 2.06. The van der Waals surface area contributed by atoms with Gasteiger partial charge in [0.25, 0.3) is 10.0 Å². The molecule has 3 aromatic carbocycles. The number of rotatable bonds is 11. The summed E-state index contributed by atoms with van der Waals surface area (Å²) in [4.78, 5) is 28.4. The van der Waals surface area contributed by atoms with Crippen LogP contribution in [0.5, 0.6) is 0 Å². The van der Waals surface area contributed by atoms with Crippen LogP contribution in [0.3, 0.4) is 0 Å². The minimum absolute atomic E-state index is 0.0134. The molecular formula is C29H31Cl4N3O4S. The highest BCUT2D eigenvalue weighted by Crippen LogP contribution is 2.31. The summed E-state index contributed by atoms with van der Waals surface area (Å²) in [5, 5.41) is 3.86. The SMILES string of the molecule is CC[C@H](C)NC(=O)[C@H](C)N(Cc1ccc(Cl)c(Cl)c1)C(=O)CN(c1ccc(Cl)c(Cl)c1)S(=O)(=O)c1ccc(C)cc1. The van der Waals surface area contributed by atoms with Crippen molar-refractivity contribution in [1.29, 1.82) is 0 Å². The van der Waals surface area contributed by atoms with E-state index in [0.717, 1.165) is 9.87 Å². The van der Waals surface area contributed by atoms with Gasteiger partial charge < -0.3 is 10.2 Å². The highest BCUT2D eigenvalue weighted by Gasteiger charge is 2.33. The zero-order valence-corrected chi connectivity index (χ0v) is 26.8. The van der Waals surface area contributed by atoms with E-state index < -0.39 is 28.5 Å². The van der Waals surface area contributed by atoms with Crippen LogP contribution in [0.4, 0.5) is 5.69 Å². The van der Waals surface area contributed by atoms with E-state index in [4.69, 9.17) is 46.4 Å².